The summed E-state index contributed by atoms with van der Waals surface area (Å²) in [5, 5.41) is 0. The number of aldehydes is 1. The average molecular weight is 449 g/mol. The van der Waals surface area contributed by atoms with Crippen molar-refractivity contribution in [3.63, 3.8) is 0 Å². The number of carbonyl (C=O) groups is 1. The van der Waals surface area contributed by atoms with Crippen LogP contribution in [-0.4, -0.2) is 19.0 Å². The molecular formula is C29H33FO3. The molecule has 174 valence electrons. The number of rotatable bonds is 11. The third-order valence-corrected chi connectivity index (χ3v) is 5.98. The van der Waals surface area contributed by atoms with Gasteiger partial charge in [-0.2, -0.15) is 0 Å². The largest absolute Gasteiger partial charge is 0.489 e. The Hall–Kier alpha value is -3.14. The highest BCUT2D eigenvalue weighted by Gasteiger charge is 2.27. The van der Waals surface area contributed by atoms with Crippen molar-refractivity contribution in [3.8, 4) is 11.5 Å². The molecule has 0 aliphatic heterocycles. The van der Waals surface area contributed by atoms with E-state index in [1.165, 1.54) is 31.4 Å². The van der Waals surface area contributed by atoms with Crippen LogP contribution in [-0.2, 0) is 6.42 Å². The van der Waals surface area contributed by atoms with Crippen molar-refractivity contribution in [1.29, 1.82) is 0 Å². The summed E-state index contributed by atoms with van der Waals surface area (Å²) in [6.45, 7) is 6.68. The van der Waals surface area contributed by atoms with Crippen LogP contribution in [0.1, 0.15) is 54.9 Å². The summed E-state index contributed by atoms with van der Waals surface area (Å²) in [7, 11) is 0. The summed E-state index contributed by atoms with van der Waals surface area (Å²) in [4.78, 5) is 11.4. The predicted octanol–water partition coefficient (Wildman–Crippen LogP) is 7.28. The second-order valence-corrected chi connectivity index (χ2v) is 8.45. The summed E-state index contributed by atoms with van der Waals surface area (Å²) in [5.74, 6) is 1.26. The third kappa shape index (κ3) is 7.45. The Bertz CT molecular complexity index is 969. The van der Waals surface area contributed by atoms with Crippen molar-refractivity contribution in [1.82, 2.24) is 0 Å². The van der Waals surface area contributed by atoms with Crippen LogP contribution in [0.4, 0.5) is 4.39 Å². The molecule has 0 N–H and O–H groups in total. The molecule has 0 aromatic heterocycles. The molecule has 0 heterocycles. The summed E-state index contributed by atoms with van der Waals surface area (Å²) in [5.41, 5.74) is 2.44. The van der Waals surface area contributed by atoms with E-state index in [0.29, 0.717) is 36.0 Å². The van der Waals surface area contributed by atoms with Crippen LogP contribution in [0, 0.1) is 11.7 Å². The predicted molar refractivity (Wildman–Crippen MR) is 132 cm³/mol. The Balaban J connectivity index is 1.78. The van der Waals surface area contributed by atoms with Crippen molar-refractivity contribution < 1.29 is 18.7 Å². The van der Waals surface area contributed by atoms with Crippen LogP contribution in [0.3, 0.4) is 0 Å². The van der Waals surface area contributed by atoms with Gasteiger partial charge in [0.2, 0.25) is 0 Å². The Kier molecular flexibility index (Phi) is 9.49. The van der Waals surface area contributed by atoms with Crippen molar-refractivity contribution in [2.45, 2.75) is 51.6 Å². The first-order valence-corrected chi connectivity index (χ1v) is 11.7. The van der Waals surface area contributed by atoms with Gasteiger partial charge in [-0.1, -0.05) is 62.3 Å². The molecule has 0 saturated heterocycles. The Labute approximate surface area is 196 Å². The zero-order valence-electron chi connectivity index (χ0n) is 19.3. The lowest BCUT2D eigenvalue weighted by atomic mass is 9.82. The molecule has 1 aliphatic rings. The van der Waals surface area contributed by atoms with Crippen molar-refractivity contribution >= 4 is 6.29 Å². The lowest BCUT2D eigenvalue weighted by molar-refractivity contribution is 0.112. The third-order valence-electron chi connectivity index (χ3n) is 5.98. The highest BCUT2D eigenvalue weighted by atomic mass is 19.1. The zero-order valence-corrected chi connectivity index (χ0v) is 19.3. The van der Waals surface area contributed by atoms with Crippen molar-refractivity contribution in [2.75, 3.05) is 6.61 Å². The number of halogens is 1. The van der Waals surface area contributed by atoms with E-state index in [0.717, 1.165) is 30.3 Å². The molecule has 1 aliphatic carbocycles. The second kappa shape index (κ2) is 12.8. The van der Waals surface area contributed by atoms with E-state index in [2.05, 4.69) is 6.58 Å². The molecule has 4 heteroatoms. The smallest absolute Gasteiger partial charge is 0.162 e. The van der Waals surface area contributed by atoms with Crippen LogP contribution in [0.5, 0.6) is 11.5 Å². The van der Waals surface area contributed by atoms with E-state index in [9.17, 15) is 9.18 Å². The van der Waals surface area contributed by atoms with Gasteiger partial charge in [-0.25, -0.2) is 4.39 Å². The molecule has 0 amide bonds. The maximum atomic E-state index is 13.1. The molecule has 0 radical (unpaired) electrons. The molecular weight excluding hydrogens is 415 g/mol. The van der Waals surface area contributed by atoms with Gasteiger partial charge in [-0.3, -0.25) is 4.79 Å². The molecule has 33 heavy (non-hydrogen) atoms. The van der Waals surface area contributed by atoms with E-state index >= 15 is 0 Å². The summed E-state index contributed by atoms with van der Waals surface area (Å²) >= 11 is 0. The lowest BCUT2D eigenvalue weighted by Crippen LogP contribution is -2.30. The SMILES string of the molecule is C=C(/C=C\C=C/C)C(Oc1cc(C=O)ccc1OCCc1ccc(F)cc1)C1CCCCC1. The fraction of sp³-hybridized carbons (Fsp3) is 0.345. The minimum atomic E-state index is -0.253. The van der Waals surface area contributed by atoms with E-state index in [-0.39, 0.29) is 11.9 Å². The van der Waals surface area contributed by atoms with Gasteiger partial charge in [-0.15, -0.1) is 0 Å². The zero-order chi connectivity index (χ0) is 23.5. The van der Waals surface area contributed by atoms with Gasteiger partial charge in [0.25, 0.3) is 0 Å². The Morgan fingerprint density at radius 3 is 2.55 bits per heavy atom. The molecule has 2 aromatic rings. The fourth-order valence-corrected chi connectivity index (χ4v) is 4.17. The monoisotopic (exact) mass is 448 g/mol. The maximum absolute atomic E-state index is 13.1. The number of carbonyl (C=O) groups excluding carboxylic acids is 1. The molecule has 3 nitrogen and oxygen atoms in total. The highest BCUT2D eigenvalue weighted by Crippen LogP contribution is 2.36. The van der Waals surface area contributed by atoms with Gasteiger partial charge in [0.1, 0.15) is 18.2 Å². The quantitative estimate of drug-likeness (QED) is 0.268. The van der Waals surface area contributed by atoms with Crippen LogP contribution in [0.2, 0.25) is 0 Å². The first kappa shape index (κ1) is 24.5. The molecule has 0 bridgehead atoms. The second-order valence-electron chi connectivity index (χ2n) is 8.45. The minimum Gasteiger partial charge on any atom is -0.489 e. The standard InChI is InChI=1S/C29H33FO3/c1-3-4-6-9-22(2)29(25-10-7-5-8-11-25)33-28-20-24(21-31)14-17-27(28)32-19-18-23-12-15-26(30)16-13-23/h3-4,6,9,12-17,20-21,25,29H,2,5,7-8,10-11,18-19H2,1H3/b4-3-,9-6-. The lowest BCUT2D eigenvalue weighted by Gasteiger charge is -2.32. The van der Waals surface area contributed by atoms with Gasteiger partial charge in [-0.05, 0) is 61.2 Å². The van der Waals surface area contributed by atoms with Crippen LogP contribution < -0.4 is 9.47 Å². The maximum Gasteiger partial charge on any atom is 0.162 e. The first-order valence-electron chi connectivity index (χ1n) is 11.7. The van der Waals surface area contributed by atoms with Gasteiger partial charge >= 0.3 is 0 Å². The normalized spacial score (nSPS) is 15.6. The topological polar surface area (TPSA) is 35.5 Å². The van der Waals surface area contributed by atoms with Gasteiger partial charge in [0.15, 0.2) is 11.5 Å². The van der Waals surface area contributed by atoms with Crippen LogP contribution in [0.15, 0.2) is 78.9 Å². The summed E-state index contributed by atoms with van der Waals surface area (Å²) in [6, 6.07) is 11.6. The molecule has 1 fully saturated rings. The summed E-state index contributed by atoms with van der Waals surface area (Å²) < 4.78 is 25.7. The van der Waals surface area contributed by atoms with E-state index in [1.54, 1.807) is 30.3 Å². The number of allylic oxidation sites excluding steroid dienone is 3. The van der Waals surface area contributed by atoms with Gasteiger partial charge in [0, 0.05) is 17.9 Å². The van der Waals surface area contributed by atoms with Crippen molar-refractivity contribution in [2.24, 2.45) is 5.92 Å². The molecule has 1 atom stereocenters. The van der Waals surface area contributed by atoms with E-state index < -0.39 is 0 Å². The van der Waals surface area contributed by atoms with Crippen molar-refractivity contribution in [3.05, 3.63) is 95.9 Å². The molecule has 1 saturated carbocycles. The number of hydrogen-bond acceptors (Lipinski definition) is 3. The van der Waals surface area contributed by atoms with E-state index in [1.807, 2.05) is 31.2 Å². The number of ether oxygens (including phenoxy) is 2. The highest BCUT2D eigenvalue weighted by molar-refractivity contribution is 5.76. The molecule has 0 spiro atoms. The minimum absolute atomic E-state index is 0.187. The van der Waals surface area contributed by atoms with Crippen LogP contribution >= 0.6 is 0 Å². The Morgan fingerprint density at radius 1 is 1.09 bits per heavy atom. The Morgan fingerprint density at radius 2 is 1.85 bits per heavy atom. The van der Waals surface area contributed by atoms with Gasteiger partial charge in [0.05, 0.1) is 6.61 Å². The fourth-order valence-electron chi connectivity index (χ4n) is 4.17. The van der Waals surface area contributed by atoms with E-state index in [4.69, 9.17) is 9.47 Å². The van der Waals surface area contributed by atoms with Gasteiger partial charge < -0.3 is 9.47 Å². The molecule has 3 rings (SSSR count). The number of hydrogen-bond donors (Lipinski definition) is 0. The average Bonchev–Trinajstić information content (AvgIpc) is 2.85. The molecule has 1 unspecified atom stereocenters. The molecule has 2 aromatic carbocycles. The summed E-state index contributed by atoms with van der Waals surface area (Å²) in [6.07, 6.45) is 15.0. The van der Waals surface area contributed by atoms with Crippen LogP contribution in [0.25, 0.3) is 0 Å². The number of benzene rings is 2. The first-order chi connectivity index (χ1) is 16.1.